The third kappa shape index (κ3) is 6.28. The second kappa shape index (κ2) is 13.4. The monoisotopic (exact) mass is 572 g/mol. The normalized spacial score (nSPS) is 10.5. The Morgan fingerprint density at radius 1 is 0.455 bits per heavy atom. The quantitative estimate of drug-likeness (QED) is 0.152. The molecule has 0 unspecified atom stereocenters. The molecular formula is C40H32N2O2. The molecule has 0 fully saturated rings. The van der Waals surface area contributed by atoms with E-state index in [1.807, 2.05) is 67.6 Å². The molecule has 0 saturated carbocycles. The van der Waals surface area contributed by atoms with Crippen LogP contribution in [0.2, 0.25) is 0 Å². The van der Waals surface area contributed by atoms with Crippen LogP contribution in [0.15, 0.2) is 158 Å². The fourth-order valence-corrected chi connectivity index (χ4v) is 5.24. The predicted molar refractivity (Wildman–Crippen MR) is 182 cm³/mol. The molecule has 0 N–H and O–H groups in total. The summed E-state index contributed by atoms with van der Waals surface area (Å²) in [6.45, 7) is 2.64. The van der Waals surface area contributed by atoms with Gasteiger partial charge in [-0.3, -0.25) is 0 Å². The van der Waals surface area contributed by atoms with Crippen molar-refractivity contribution in [2.75, 3.05) is 16.4 Å². The summed E-state index contributed by atoms with van der Waals surface area (Å²) in [5, 5.41) is 0. The largest absolute Gasteiger partial charge is 0.494 e. The van der Waals surface area contributed by atoms with Gasteiger partial charge in [0, 0.05) is 34.1 Å². The molecule has 0 heterocycles. The zero-order chi connectivity index (χ0) is 30.1. The van der Waals surface area contributed by atoms with E-state index in [-0.39, 0.29) is 0 Å². The number of terminal acetylenes is 1. The first kappa shape index (κ1) is 28.2. The molecule has 0 spiro atoms. The van der Waals surface area contributed by atoms with Crippen molar-refractivity contribution in [1.82, 2.24) is 0 Å². The number of hydrogen-bond acceptors (Lipinski definition) is 4. The Labute approximate surface area is 259 Å². The summed E-state index contributed by atoms with van der Waals surface area (Å²) in [6, 6.07) is 54.0. The molecule has 6 aromatic rings. The van der Waals surface area contributed by atoms with Gasteiger partial charge < -0.3 is 19.3 Å². The third-order valence-corrected chi connectivity index (χ3v) is 7.29. The van der Waals surface area contributed by atoms with E-state index in [1.54, 1.807) is 0 Å². The highest BCUT2D eigenvalue weighted by atomic mass is 16.5. The summed E-state index contributed by atoms with van der Waals surface area (Å²) in [4.78, 5) is 4.46. The molecule has 0 aliphatic carbocycles. The van der Waals surface area contributed by atoms with E-state index >= 15 is 0 Å². The number of para-hydroxylation sites is 2. The second-order valence-electron chi connectivity index (χ2n) is 10.1. The standard InChI is InChI=1S/C40H32N2O2/c1-3-43-39-27-23-37(24-28-39)41(33-11-7-5-8-12-33)35-19-15-31(16-20-35)32-17-21-36(22-18-32)42(34-13-9-6-10-14-34)38-25-29-40(30-26-38)44-4-2/h1,5-30H,4H2,2H3. The summed E-state index contributed by atoms with van der Waals surface area (Å²) < 4.78 is 10.9. The van der Waals surface area contributed by atoms with Gasteiger partial charge in [-0.25, -0.2) is 0 Å². The first-order chi connectivity index (χ1) is 21.7. The van der Waals surface area contributed by atoms with E-state index in [0.29, 0.717) is 12.4 Å². The molecule has 214 valence electrons. The molecular weight excluding hydrogens is 540 g/mol. The zero-order valence-electron chi connectivity index (χ0n) is 24.5. The first-order valence-electron chi connectivity index (χ1n) is 14.6. The van der Waals surface area contributed by atoms with Gasteiger partial charge in [-0.2, -0.15) is 0 Å². The topological polar surface area (TPSA) is 24.9 Å². The first-order valence-corrected chi connectivity index (χ1v) is 14.6. The predicted octanol–water partition coefficient (Wildman–Crippen LogP) is 10.7. The highest BCUT2D eigenvalue weighted by molar-refractivity contribution is 5.80. The highest BCUT2D eigenvalue weighted by Gasteiger charge is 2.15. The van der Waals surface area contributed by atoms with Gasteiger partial charge in [0.15, 0.2) is 0 Å². The minimum absolute atomic E-state index is 0.636. The fraction of sp³-hybridized carbons (Fsp3) is 0.0500. The number of nitrogens with zero attached hydrogens (tertiary/aromatic N) is 2. The van der Waals surface area contributed by atoms with Gasteiger partial charge in [-0.1, -0.05) is 67.1 Å². The number of rotatable bonds is 10. The van der Waals surface area contributed by atoms with Crippen molar-refractivity contribution in [3.63, 3.8) is 0 Å². The summed E-state index contributed by atoms with van der Waals surface area (Å²) in [5.41, 5.74) is 8.63. The van der Waals surface area contributed by atoms with Crippen LogP contribution in [-0.2, 0) is 0 Å². The molecule has 44 heavy (non-hydrogen) atoms. The Kier molecular flexibility index (Phi) is 8.57. The van der Waals surface area contributed by atoms with Crippen LogP contribution in [0.1, 0.15) is 6.92 Å². The highest BCUT2D eigenvalue weighted by Crippen LogP contribution is 2.38. The Hall–Kier alpha value is -5.92. The van der Waals surface area contributed by atoms with Crippen LogP contribution in [0, 0.1) is 12.5 Å². The van der Waals surface area contributed by atoms with Gasteiger partial charge >= 0.3 is 0 Å². The fourth-order valence-electron chi connectivity index (χ4n) is 5.24. The number of hydrogen-bond donors (Lipinski definition) is 0. The van der Waals surface area contributed by atoms with E-state index in [2.05, 4.69) is 113 Å². The van der Waals surface area contributed by atoms with Crippen molar-refractivity contribution in [1.29, 1.82) is 0 Å². The molecule has 0 aliphatic rings. The van der Waals surface area contributed by atoms with Gasteiger partial charge in [0.05, 0.1) is 6.61 Å². The number of anilines is 6. The molecule has 0 radical (unpaired) electrons. The summed E-state index contributed by atoms with van der Waals surface area (Å²) in [6.07, 6.45) is 7.53. The van der Waals surface area contributed by atoms with Crippen molar-refractivity contribution < 1.29 is 9.47 Å². The van der Waals surface area contributed by atoms with Crippen molar-refractivity contribution in [3.05, 3.63) is 158 Å². The van der Waals surface area contributed by atoms with Gasteiger partial charge in [0.25, 0.3) is 0 Å². The van der Waals surface area contributed by atoms with Gasteiger partial charge in [0.2, 0.25) is 0 Å². The van der Waals surface area contributed by atoms with Crippen LogP contribution in [0.3, 0.4) is 0 Å². The van der Waals surface area contributed by atoms with Crippen LogP contribution in [0.25, 0.3) is 11.1 Å². The van der Waals surface area contributed by atoms with Crippen molar-refractivity contribution in [2.45, 2.75) is 6.92 Å². The van der Waals surface area contributed by atoms with Crippen LogP contribution in [0.5, 0.6) is 11.5 Å². The molecule has 6 aromatic carbocycles. The average molecular weight is 573 g/mol. The molecule has 4 heteroatoms. The number of ether oxygens (including phenoxy) is 2. The maximum absolute atomic E-state index is 5.67. The van der Waals surface area contributed by atoms with E-state index in [4.69, 9.17) is 15.9 Å². The molecule has 0 aromatic heterocycles. The number of benzene rings is 6. The van der Waals surface area contributed by atoms with Gasteiger partial charge in [0.1, 0.15) is 17.6 Å². The lowest BCUT2D eigenvalue weighted by molar-refractivity contribution is 0.340. The zero-order valence-corrected chi connectivity index (χ0v) is 24.5. The minimum Gasteiger partial charge on any atom is -0.494 e. The molecule has 4 nitrogen and oxygen atoms in total. The van der Waals surface area contributed by atoms with E-state index < -0.39 is 0 Å². The lowest BCUT2D eigenvalue weighted by Gasteiger charge is -2.26. The van der Waals surface area contributed by atoms with Crippen LogP contribution < -0.4 is 19.3 Å². The Morgan fingerprint density at radius 3 is 1.16 bits per heavy atom. The average Bonchev–Trinajstić information content (AvgIpc) is 3.09. The summed E-state index contributed by atoms with van der Waals surface area (Å²) in [5.74, 6) is 1.50. The summed E-state index contributed by atoms with van der Waals surface area (Å²) >= 11 is 0. The summed E-state index contributed by atoms with van der Waals surface area (Å²) in [7, 11) is 0. The molecule has 0 saturated heterocycles. The lowest BCUT2D eigenvalue weighted by atomic mass is 10.0. The molecule has 0 aliphatic heterocycles. The Morgan fingerprint density at radius 2 is 0.795 bits per heavy atom. The second-order valence-corrected chi connectivity index (χ2v) is 10.1. The Balaban J connectivity index is 1.29. The van der Waals surface area contributed by atoms with Crippen LogP contribution in [0.4, 0.5) is 34.1 Å². The molecule has 6 rings (SSSR count). The van der Waals surface area contributed by atoms with E-state index in [1.165, 1.54) is 0 Å². The Bertz CT molecular complexity index is 1810. The molecule has 0 bridgehead atoms. The lowest BCUT2D eigenvalue weighted by Crippen LogP contribution is -2.10. The van der Waals surface area contributed by atoms with Crippen molar-refractivity contribution >= 4 is 34.1 Å². The van der Waals surface area contributed by atoms with E-state index in [0.717, 1.165) is 51.0 Å². The SMILES string of the molecule is C#COc1ccc(N(c2ccccc2)c2ccc(-c3ccc(N(c4ccccc4)c4ccc(OCC)cc4)cc3)cc2)cc1. The minimum atomic E-state index is 0.636. The molecule has 0 amide bonds. The third-order valence-electron chi connectivity index (χ3n) is 7.29. The van der Waals surface area contributed by atoms with E-state index in [9.17, 15) is 0 Å². The van der Waals surface area contributed by atoms with Gasteiger partial charge in [-0.15, -0.1) is 0 Å². The van der Waals surface area contributed by atoms with Crippen LogP contribution >= 0.6 is 0 Å². The maximum atomic E-state index is 5.67. The maximum Gasteiger partial charge on any atom is 0.140 e. The van der Waals surface area contributed by atoms with Crippen molar-refractivity contribution in [2.24, 2.45) is 0 Å². The van der Waals surface area contributed by atoms with Gasteiger partial charge in [-0.05, 0) is 115 Å². The molecule has 0 atom stereocenters. The smallest absolute Gasteiger partial charge is 0.140 e. The van der Waals surface area contributed by atoms with Crippen molar-refractivity contribution in [3.8, 4) is 35.2 Å². The van der Waals surface area contributed by atoms with Crippen LogP contribution in [-0.4, -0.2) is 6.61 Å².